The predicted molar refractivity (Wildman–Crippen MR) is 77.0 cm³/mol. The van der Waals surface area contributed by atoms with Crippen molar-refractivity contribution in [2.24, 2.45) is 0 Å². The molecular formula is C16H14F3NO2. The van der Waals surface area contributed by atoms with Crippen molar-refractivity contribution in [2.75, 3.05) is 5.32 Å². The largest absolute Gasteiger partial charge is 0.573 e. The van der Waals surface area contributed by atoms with Crippen LogP contribution in [0.1, 0.15) is 21.5 Å². The zero-order valence-corrected chi connectivity index (χ0v) is 12.0. The Kier molecular flexibility index (Phi) is 4.40. The summed E-state index contributed by atoms with van der Waals surface area (Å²) in [6, 6.07) is 10.6. The molecule has 0 radical (unpaired) electrons. The summed E-state index contributed by atoms with van der Waals surface area (Å²) in [6.07, 6.45) is -4.82. The highest BCUT2D eigenvalue weighted by Crippen LogP contribution is 2.30. The molecule has 2 aromatic carbocycles. The van der Waals surface area contributed by atoms with E-state index in [0.29, 0.717) is 5.56 Å². The van der Waals surface area contributed by atoms with E-state index in [1.54, 1.807) is 19.1 Å². The molecule has 0 aliphatic rings. The molecule has 6 heteroatoms. The number of carbonyl (C=O) groups excluding carboxylic acids is 1. The number of anilines is 1. The van der Waals surface area contributed by atoms with E-state index in [1.165, 1.54) is 18.2 Å². The van der Waals surface area contributed by atoms with E-state index < -0.39 is 18.0 Å². The van der Waals surface area contributed by atoms with E-state index >= 15 is 0 Å². The molecule has 0 unspecified atom stereocenters. The molecule has 22 heavy (non-hydrogen) atoms. The topological polar surface area (TPSA) is 38.3 Å². The number of halogens is 3. The van der Waals surface area contributed by atoms with Crippen LogP contribution in [0, 0.1) is 13.8 Å². The number of nitrogens with one attached hydrogen (secondary N) is 1. The second-order valence-corrected chi connectivity index (χ2v) is 4.75. The average Bonchev–Trinajstić information content (AvgIpc) is 2.42. The van der Waals surface area contributed by atoms with E-state index in [0.717, 1.165) is 17.2 Å². The highest BCUT2D eigenvalue weighted by Gasteiger charge is 2.32. The standard InChI is InChI=1S/C16H14F3NO2/c1-10-6-5-7-12(11(10)2)15(21)20-13-8-3-4-9-14(13)22-16(17,18)19/h3-9H,1-2H3,(H,20,21). The molecule has 0 atom stereocenters. The Labute approximate surface area is 125 Å². The fraction of sp³-hybridized carbons (Fsp3) is 0.188. The second kappa shape index (κ2) is 6.09. The molecule has 0 aliphatic heterocycles. The van der Waals surface area contributed by atoms with Crippen molar-refractivity contribution >= 4 is 11.6 Å². The number of ether oxygens (including phenoxy) is 1. The maximum atomic E-state index is 12.4. The number of aryl methyl sites for hydroxylation is 1. The van der Waals surface area contributed by atoms with E-state index in [4.69, 9.17) is 0 Å². The van der Waals surface area contributed by atoms with Gasteiger partial charge in [-0.15, -0.1) is 13.2 Å². The Morgan fingerprint density at radius 2 is 1.73 bits per heavy atom. The third-order valence-corrected chi connectivity index (χ3v) is 3.21. The third kappa shape index (κ3) is 3.78. The lowest BCUT2D eigenvalue weighted by atomic mass is 10.0. The normalized spacial score (nSPS) is 11.1. The number of para-hydroxylation sites is 2. The highest BCUT2D eigenvalue weighted by molar-refractivity contribution is 6.06. The number of rotatable bonds is 3. The third-order valence-electron chi connectivity index (χ3n) is 3.21. The van der Waals surface area contributed by atoms with Crippen LogP contribution in [0.25, 0.3) is 0 Å². The second-order valence-electron chi connectivity index (χ2n) is 4.75. The summed E-state index contributed by atoms with van der Waals surface area (Å²) in [5.74, 6) is -0.937. The van der Waals surface area contributed by atoms with Gasteiger partial charge in [0, 0.05) is 5.56 Å². The van der Waals surface area contributed by atoms with Gasteiger partial charge in [-0.1, -0.05) is 24.3 Å². The van der Waals surface area contributed by atoms with Gasteiger partial charge in [0.05, 0.1) is 5.69 Å². The Bertz CT molecular complexity index is 696. The summed E-state index contributed by atoms with van der Waals surface area (Å²) in [5.41, 5.74) is 2.06. The van der Waals surface area contributed by atoms with Crippen molar-refractivity contribution in [2.45, 2.75) is 20.2 Å². The fourth-order valence-corrected chi connectivity index (χ4v) is 1.97. The highest BCUT2D eigenvalue weighted by atomic mass is 19.4. The summed E-state index contributed by atoms with van der Waals surface area (Å²) in [5, 5.41) is 2.45. The van der Waals surface area contributed by atoms with Crippen molar-refractivity contribution in [3.63, 3.8) is 0 Å². The molecule has 2 aromatic rings. The average molecular weight is 309 g/mol. The van der Waals surface area contributed by atoms with Crippen LogP contribution in [0.5, 0.6) is 5.75 Å². The Morgan fingerprint density at radius 3 is 2.41 bits per heavy atom. The zero-order chi connectivity index (χ0) is 16.3. The summed E-state index contributed by atoms with van der Waals surface area (Å²) in [7, 11) is 0. The molecule has 1 amide bonds. The summed E-state index contributed by atoms with van der Waals surface area (Å²) in [4.78, 5) is 12.3. The Balaban J connectivity index is 2.27. The van der Waals surface area contributed by atoms with Gasteiger partial charge in [-0.3, -0.25) is 4.79 Å². The lowest BCUT2D eigenvalue weighted by Gasteiger charge is -2.14. The van der Waals surface area contributed by atoms with Crippen molar-refractivity contribution in [3.05, 3.63) is 59.2 Å². The predicted octanol–water partition coefficient (Wildman–Crippen LogP) is 4.45. The van der Waals surface area contributed by atoms with Crippen LogP contribution in [0.2, 0.25) is 0 Å². The minimum atomic E-state index is -4.82. The molecule has 2 rings (SSSR count). The van der Waals surface area contributed by atoms with Gasteiger partial charge in [-0.25, -0.2) is 0 Å². The van der Waals surface area contributed by atoms with Crippen molar-refractivity contribution in [1.29, 1.82) is 0 Å². The van der Waals surface area contributed by atoms with Gasteiger partial charge in [0.1, 0.15) is 0 Å². The molecule has 0 aliphatic carbocycles. The lowest BCUT2D eigenvalue weighted by molar-refractivity contribution is -0.274. The van der Waals surface area contributed by atoms with Crippen LogP contribution in [0.4, 0.5) is 18.9 Å². The van der Waals surface area contributed by atoms with Gasteiger partial charge < -0.3 is 10.1 Å². The maximum Gasteiger partial charge on any atom is 0.573 e. The minimum Gasteiger partial charge on any atom is -0.404 e. The van der Waals surface area contributed by atoms with E-state index in [-0.39, 0.29) is 5.69 Å². The first-order valence-corrected chi connectivity index (χ1v) is 6.50. The Morgan fingerprint density at radius 1 is 1.05 bits per heavy atom. The van der Waals surface area contributed by atoms with Crippen LogP contribution < -0.4 is 10.1 Å². The first-order chi connectivity index (χ1) is 10.3. The van der Waals surface area contributed by atoms with Crippen molar-refractivity contribution in [3.8, 4) is 5.75 Å². The van der Waals surface area contributed by atoms with Crippen LogP contribution in [-0.4, -0.2) is 12.3 Å². The van der Waals surface area contributed by atoms with Gasteiger partial charge in [-0.2, -0.15) is 0 Å². The molecule has 3 nitrogen and oxygen atoms in total. The Hall–Kier alpha value is -2.50. The number of alkyl halides is 3. The van der Waals surface area contributed by atoms with Gasteiger partial charge in [0.25, 0.3) is 5.91 Å². The lowest BCUT2D eigenvalue weighted by Crippen LogP contribution is -2.20. The first-order valence-electron chi connectivity index (χ1n) is 6.50. The number of hydrogen-bond acceptors (Lipinski definition) is 2. The van der Waals surface area contributed by atoms with Crippen LogP contribution in [-0.2, 0) is 0 Å². The molecule has 0 bridgehead atoms. The summed E-state index contributed by atoms with van der Waals surface area (Å²) in [6.45, 7) is 3.63. The number of hydrogen-bond donors (Lipinski definition) is 1. The quantitative estimate of drug-likeness (QED) is 0.909. The molecule has 0 saturated heterocycles. The van der Waals surface area contributed by atoms with Gasteiger partial charge in [0.15, 0.2) is 5.75 Å². The fourth-order valence-electron chi connectivity index (χ4n) is 1.97. The number of amides is 1. The molecule has 116 valence electrons. The van der Waals surface area contributed by atoms with E-state index in [2.05, 4.69) is 10.1 Å². The molecule has 1 N–H and O–H groups in total. The molecule has 0 fully saturated rings. The SMILES string of the molecule is Cc1cccc(C(=O)Nc2ccccc2OC(F)(F)F)c1C. The van der Waals surface area contributed by atoms with Crippen molar-refractivity contribution < 1.29 is 22.7 Å². The molecule has 0 spiro atoms. The van der Waals surface area contributed by atoms with Crippen LogP contribution >= 0.6 is 0 Å². The molecular weight excluding hydrogens is 295 g/mol. The minimum absolute atomic E-state index is 0.0364. The smallest absolute Gasteiger partial charge is 0.404 e. The summed E-state index contributed by atoms with van der Waals surface area (Å²) < 4.78 is 41.0. The first kappa shape index (κ1) is 15.9. The molecule has 0 aromatic heterocycles. The maximum absolute atomic E-state index is 12.4. The van der Waals surface area contributed by atoms with Gasteiger partial charge in [-0.05, 0) is 43.2 Å². The van der Waals surface area contributed by atoms with Crippen LogP contribution in [0.3, 0.4) is 0 Å². The summed E-state index contributed by atoms with van der Waals surface area (Å²) >= 11 is 0. The monoisotopic (exact) mass is 309 g/mol. The molecule has 0 heterocycles. The van der Waals surface area contributed by atoms with E-state index in [1.807, 2.05) is 13.0 Å². The molecule has 0 saturated carbocycles. The zero-order valence-electron chi connectivity index (χ0n) is 12.0. The number of benzene rings is 2. The van der Waals surface area contributed by atoms with Crippen LogP contribution in [0.15, 0.2) is 42.5 Å². The van der Waals surface area contributed by atoms with Crippen molar-refractivity contribution in [1.82, 2.24) is 0 Å². The van der Waals surface area contributed by atoms with Gasteiger partial charge >= 0.3 is 6.36 Å². The van der Waals surface area contributed by atoms with Gasteiger partial charge in [0.2, 0.25) is 0 Å². The van der Waals surface area contributed by atoms with E-state index in [9.17, 15) is 18.0 Å². The number of carbonyl (C=O) groups is 1.